The van der Waals surface area contributed by atoms with Crippen molar-refractivity contribution in [2.45, 2.75) is 45.1 Å². The molecule has 1 fully saturated rings. The Balaban J connectivity index is 1.84. The van der Waals surface area contributed by atoms with Gasteiger partial charge in [-0.1, -0.05) is 25.1 Å². The number of fused-ring (bicyclic) bond motifs is 1. The third-order valence-corrected chi connectivity index (χ3v) is 4.59. The summed E-state index contributed by atoms with van der Waals surface area (Å²) in [5.41, 5.74) is 2.31. The largest absolute Gasteiger partial charge is 0.382 e. The Labute approximate surface area is 121 Å². The molecule has 2 aliphatic rings. The van der Waals surface area contributed by atoms with Crippen LogP contribution in [0.2, 0.25) is 0 Å². The Kier molecular flexibility index (Phi) is 3.68. The van der Waals surface area contributed by atoms with E-state index in [0.717, 1.165) is 31.6 Å². The predicted molar refractivity (Wildman–Crippen MR) is 81.9 cm³/mol. The van der Waals surface area contributed by atoms with Gasteiger partial charge in [-0.25, -0.2) is 0 Å². The number of carbonyl (C=O) groups excluding carboxylic acids is 1. The van der Waals surface area contributed by atoms with Crippen LogP contribution in [-0.4, -0.2) is 29.9 Å². The summed E-state index contributed by atoms with van der Waals surface area (Å²) in [6.45, 7) is 6.27. The number of benzene rings is 1. The molecule has 3 nitrogen and oxygen atoms in total. The molecule has 0 saturated carbocycles. The molecule has 3 heteroatoms. The lowest BCUT2D eigenvalue weighted by Gasteiger charge is -2.37. The molecular formula is C17H24N2O. The number of hydrogen-bond acceptors (Lipinski definition) is 2. The topological polar surface area (TPSA) is 32.3 Å². The zero-order valence-corrected chi connectivity index (χ0v) is 12.4. The third-order valence-electron chi connectivity index (χ3n) is 4.59. The van der Waals surface area contributed by atoms with Gasteiger partial charge in [0.2, 0.25) is 5.91 Å². The molecule has 108 valence electrons. The molecule has 3 unspecified atom stereocenters. The van der Waals surface area contributed by atoms with Gasteiger partial charge >= 0.3 is 0 Å². The quantitative estimate of drug-likeness (QED) is 0.851. The maximum atomic E-state index is 12.9. The van der Waals surface area contributed by atoms with E-state index >= 15 is 0 Å². The standard InChI is InChI=1S/C17H24N2O/c1-12-6-5-9-19(11-12)17(20)15-10-13(2)18-16-8-4-3-7-14(15)16/h3-4,7-8,12-13,15,18H,5-6,9-11H2,1-2H3. The van der Waals surface area contributed by atoms with E-state index in [1.807, 2.05) is 12.1 Å². The molecule has 0 radical (unpaired) electrons. The minimum absolute atomic E-state index is 0.0350. The van der Waals surface area contributed by atoms with Gasteiger partial charge in [-0.05, 0) is 43.7 Å². The number of piperidine rings is 1. The first-order valence-electron chi connectivity index (χ1n) is 7.79. The molecule has 1 N–H and O–H groups in total. The van der Waals surface area contributed by atoms with E-state index in [-0.39, 0.29) is 5.92 Å². The van der Waals surface area contributed by atoms with Crippen molar-refractivity contribution in [2.24, 2.45) is 5.92 Å². The normalized spacial score (nSPS) is 29.5. The van der Waals surface area contributed by atoms with Crippen molar-refractivity contribution in [2.75, 3.05) is 18.4 Å². The first-order valence-corrected chi connectivity index (χ1v) is 7.79. The summed E-state index contributed by atoms with van der Waals surface area (Å²) >= 11 is 0. The van der Waals surface area contributed by atoms with E-state index in [2.05, 4.69) is 36.2 Å². The molecule has 0 bridgehead atoms. The number of hydrogen-bond donors (Lipinski definition) is 1. The average molecular weight is 272 g/mol. The zero-order valence-electron chi connectivity index (χ0n) is 12.4. The summed E-state index contributed by atoms with van der Waals surface area (Å²) in [7, 11) is 0. The molecule has 1 aromatic carbocycles. The van der Waals surface area contributed by atoms with Gasteiger partial charge in [0.05, 0.1) is 5.92 Å². The van der Waals surface area contributed by atoms with Gasteiger partial charge in [-0.2, -0.15) is 0 Å². The van der Waals surface area contributed by atoms with Crippen molar-refractivity contribution >= 4 is 11.6 Å². The van der Waals surface area contributed by atoms with Gasteiger partial charge in [-0.3, -0.25) is 4.79 Å². The SMILES string of the molecule is CC1CCCN(C(=O)C2CC(C)Nc3ccccc32)C1. The van der Waals surface area contributed by atoms with Crippen LogP contribution in [0.25, 0.3) is 0 Å². The molecule has 2 heterocycles. The van der Waals surface area contributed by atoms with Crippen LogP contribution in [0.15, 0.2) is 24.3 Å². The lowest BCUT2D eigenvalue weighted by molar-refractivity contribution is -0.134. The summed E-state index contributed by atoms with van der Waals surface area (Å²) < 4.78 is 0. The molecule has 20 heavy (non-hydrogen) atoms. The summed E-state index contributed by atoms with van der Waals surface area (Å²) in [5, 5.41) is 3.49. The van der Waals surface area contributed by atoms with Gasteiger partial charge in [0.15, 0.2) is 0 Å². The maximum absolute atomic E-state index is 12.9. The fourth-order valence-electron chi connectivity index (χ4n) is 3.58. The predicted octanol–water partition coefficient (Wildman–Crippen LogP) is 3.23. The highest BCUT2D eigenvalue weighted by atomic mass is 16.2. The van der Waals surface area contributed by atoms with Crippen LogP contribution >= 0.6 is 0 Å². The highest BCUT2D eigenvalue weighted by Crippen LogP contribution is 2.36. The van der Waals surface area contributed by atoms with Crippen molar-refractivity contribution in [1.82, 2.24) is 4.90 Å². The Morgan fingerprint density at radius 2 is 2.10 bits per heavy atom. The van der Waals surface area contributed by atoms with Crippen LogP contribution in [0.4, 0.5) is 5.69 Å². The molecule has 3 atom stereocenters. The lowest BCUT2D eigenvalue weighted by atomic mass is 9.85. The van der Waals surface area contributed by atoms with E-state index in [0.29, 0.717) is 17.9 Å². The van der Waals surface area contributed by atoms with Crippen LogP contribution in [0.1, 0.15) is 44.6 Å². The van der Waals surface area contributed by atoms with E-state index in [1.165, 1.54) is 12.0 Å². The number of anilines is 1. The monoisotopic (exact) mass is 272 g/mol. The highest BCUT2D eigenvalue weighted by molar-refractivity contribution is 5.86. The molecule has 3 rings (SSSR count). The second kappa shape index (κ2) is 5.47. The minimum Gasteiger partial charge on any atom is -0.382 e. The molecule has 1 aromatic rings. The van der Waals surface area contributed by atoms with Crippen LogP contribution in [0, 0.1) is 5.92 Å². The van der Waals surface area contributed by atoms with E-state index < -0.39 is 0 Å². The average Bonchev–Trinajstić information content (AvgIpc) is 2.45. The molecular weight excluding hydrogens is 248 g/mol. The van der Waals surface area contributed by atoms with Crippen molar-refractivity contribution in [1.29, 1.82) is 0 Å². The van der Waals surface area contributed by atoms with Crippen LogP contribution in [0.3, 0.4) is 0 Å². The van der Waals surface area contributed by atoms with Crippen molar-refractivity contribution in [3.63, 3.8) is 0 Å². The number of amides is 1. The fraction of sp³-hybridized carbons (Fsp3) is 0.588. The van der Waals surface area contributed by atoms with Gasteiger partial charge in [0.1, 0.15) is 0 Å². The van der Waals surface area contributed by atoms with Crippen molar-refractivity contribution in [3.8, 4) is 0 Å². The summed E-state index contributed by atoms with van der Waals surface area (Å²) in [6, 6.07) is 8.62. The highest BCUT2D eigenvalue weighted by Gasteiger charge is 2.33. The second-order valence-electron chi connectivity index (χ2n) is 6.45. The fourth-order valence-corrected chi connectivity index (χ4v) is 3.58. The van der Waals surface area contributed by atoms with E-state index in [9.17, 15) is 4.79 Å². The van der Waals surface area contributed by atoms with Crippen molar-refractivity contribution < 1.29 is 4.79 Å². The molecule has 1 saturated heterocycles. The van der Waals surface area contributed by atoms with E-state index in [4.69, 9.17) is 0 Å². The van der Waals surface area contributed by atoms with Crippen LogP contribution < -0.4 is 5.32 Å². The number of nitrogens with one attached hydrogen (secondary N) is 1. The lowest BCUT2D eigenvalue weighted by Crippen LogP contribution is -2.43. The van der Waals surface area contributed by atoms with Crippen LogP contribution in [-0.2, 0) is 4.79 Å². The molecule has 0 aliphatic carbocycles. The van der Waals surface area contributed by atoms with Gasteiger partial charge < -0.3 is 10.2 Å². The van der Waals surface area contributed by atoms with E-state index in [1.54, 1.807) is 0 Å². The summed E-state index contributed by atoms with van der Waals surface area (Å²) in [5.74, 6) is 1.01. The van der Waals surface area contributed by atoms with Crippen molar-refractivity contribution in [3.05, 3.63) is 29.8 Å². The summed E-state index contributed by atoms with van der Waals surface area (Å²) in [4.78, 5) is 15.0. The van der Waals surface area contributed by atoms with Gasteiger partial charge in [0, 0.05) is 24.8 Å². The Bertz CT molecular complexity index is 500. The number of likely N-dealkylation sites (tertiary alicyclic amines) is 1. The number of nitrogens with zero attached hydrogens (tertiary/aromatic N) is 1. The minimum atomic E-state index is 0.0350. The summed E-state index contributed by atoms with van der Waals surface area (Å²) in [6.07, 6.45) is 3.30. The Morgan fingerprint density at radius 3 is 2.90 bits per heavy atom. The first kappa shape index (κ1) is 13.5. The molecule has 2 aliphatic heterocycles. The molecule has 0 aromatic heterocycles. The number of para-hydroxylation sites is 1. The van der Waals surface area contributed by atoms with Gasteiger partial charge in [0.25, 0.3) is 0 Å². The molecule has 1 amide bonds. The smallest absolute Gasteiger partial charge is 0.230 e. The second-order valence-corrected chi connectivity index (χ2v) is 6.45. The van der Waals surface area contributed by atoms with Crippen LogP contribution in [0.5, 0.6) is 0 Å². The maximum Gasteiger partial charge on any atom is 0.230 e. The molecule has 0 spiro atoms. The first-order chi connectivity index (χ1) is 9.65. The van der Waals surface area contributed by atoms with Gasteiger partial charge in [-0.15, -0.1) is 0 Å². The third kappa shape index (κ3) is 2.54. The zero-order chi connectivity index (χ0) is 14.1. The Hall–Kier alpha value is -1.51. The Morgan fingerprint density at radius 1 is 1.30 bits per heavy atom. The number of carbonyl (C=O) groups is 1. The number of rotatable bonds is 1.